The van der Waals surface area contributed by atoms with Crippen molar-refractivity contribution in [2.75, 3.05) is 7.11 Å². The highest BCUT2D eigenvalue weighted by Gasteiger charge is 2.35. The maximum atomic E-state index is 13.4. The van der Waals surface area contributed by atoms with Crippen molar-refractivity contribution in [2.45, 2.75) is 45.8 Å². The maximum absolute atomic E-state index is 13.4. The van der Waals surface area contributed by atoms with Gasteiger partial charge in [-0.3, -0.25) is 9.78 Å². The average Bonchev–Trinajstić information content (AvgIpc) is 3.08. The number of aromatic nitrogens is 4. The SMILES string of the molecule is COc1ccc2c(c1)CC(C)N(C(=O)c1nnn(Cc3ccncc3)c1C)C2C. The zero-order chi connectivity index (χ0) is 20.5. The Morgan fingerprint density at radius 3 is 2.69 bits per heavy atom. The number of amides is 1. The highest BCUT2D eigenvalue weighted by molar-refractivity contribution is 5.94. The van der Waals surface area contributed by atoms with Crippen molar-refractivity contribution in [3.05, 3.63) is 70.8 Å². The van der Waals surface area contributed by atoms with Gasteiger partial charge in [0.1, 0.15) is 5.75 Å². The Hall–Kier alpha value is -3.22. The van der Waals surface area contributed by atoms with Crippen LogP contribution in [-0.2, 0) is 13.0 Å². The quantitative estimate of drug-likeness (QED) is 0.683. The molecule has 0 spiro atoms. The molecule has 0 bridgehead atoms. The third-order valence-electron chi connectivity index (χ3n) is 5.71. The third kappa shape index (κ3) is 3.48. The number of nitrogens with zero attached hydrogens (tertiary/aromatic N) is 5. The molecule has 3 heterocycles. The number of pyridine rings is 1. The number of carbonyl (C=O) groups is 1. The molecule has 1 aromatic carbocycles. The predicted molar refractivity (Wildman–Crippen MR) is 109 cm³/mol. The second kappa shape index (κ2) is 7.66. The van der Waals surface area contributed by atoms with Gasteiger partial charge in [-0.25, -0.2) is 4.68 Å². The van der Waals surface area contributed by atoms with Crippen LogP contribution in [0.4, 0.5) is 0 Å². The Kier molecular flexibility index (Phi) is 5.05. The number of hydrogen-bond acceptors (Lipinski definition) is 5. The molecule has 1 aliphatic heterocycles. The Labute approximate surface area is 170 Å². The second-order valence-corrected chi connectivity index (χ2v) is 7.54. The van der Waals surface area contributed by atoms with Crippen molar-refractivity contribution < 1.29 is 9.53 Å². The van der Waals surface area contributed by atoms with Crippen molar-refractivity contribution >= 4 is 5.91 Å². The first-order valence-electron chi connectivity index (χ1n) is 9.78. The summed E-state index contributed by atoms with van der Waals surface area (Å²) in [5.41, 5.74) is 4.63. The number of ether oxygens (including phenoxy) is 1. The minimum absolute atomic E-state index is 0.0445. The van der Waals surface area contributed by atoms with Crippen LogP contribution in [0.15, 0.2) is 42.7 Å². The van der Waals surface area contributed by atoms with Gasteiger partial charge < -0.3 is 9.64 Å². The molecule has 0 fully saturated rings. The zero-order valence-electron chi connectivity index (χ0n) is 17.2. The van der Waals surface area contributed by atoms with Crippen molar-refractivity contribution in [2.24, 2.45) is 0 Å². The Morgan fingerprint density at radius 2 is 1.97 bits per heavy atom. The summed E-state index contributed by atoms with van der Waals surface area (Å²) in [6.45, 7) is 6.60. The molecule has 0 N–H and O–H groups in total. The summed E-state index contributed by atoms with van der Waals surface area (Å²) in [6, 6.07) is 9.95. The molecule has 2 atom stereocenters. The molecule has 29 heavy (non-hydrogen) atoms. The summed E-state index contributed by atoms with van der Waals surface area (Å²) < 4.78 is 7.12. The summed E-state index contributed by atoms with van der Waals surface area (Å²) in [7, 11) is 1.67. The standard InChI is InChI=1S/C22H25N5O2/c1-14-11-18-12-19(29-4)5-6-20(18)15(2)27(14)22(28)21-16(3)26(25-24-21)13-17-7-9-23-10-8-17/h5-10,12,14-15H,11,13H2,1-4H3. The van der Waals surface area contributed by atoms with Gasteiger partial charge >= 0.3 is 0 Å². The van der Waals surface area contributed by atoms with E-state index < -0.39 is 0 Å². The van der Waals surface area contributed by atoms with Crippen LogP contribution in [0.5, 0.6) is 5.75 Å². The summed E-state index contributed by atoms with van der Waals surface area (Å²) in [5.74, 6) is 0.766. The van der Waals surface area contributed by atoms with Crippen molar-refractivity contribution in [1.29, 1.82) is 0 Å². The van der Waals surface area contributed by atoms with Gasteiger partial charge in [-0.15, -0.1) is 5.10 Å². The van der Waals surface area contributed by atoms with E-state index in [1.54, 1.807) is 24.2 Å². The van der Waals surface area contributed by atoms with Gasteiger partial charge in [0.15, 0.2) is 5.69 Å². The second-order valence-electron chi connectivity index (χ2n) is 7.54. The van der Waals surface area contributed by atoms with Gasteiger partial charge in [0.25, 0.3) is 5.91 Å². The smallest absolute Gasteiger partial charge is 0.277 e. The summed E-state index contributed by atoms with van der Waals surface area (Å²) in [5, 5.41) is 8.45. The van der Waals surface area contributed by atoms with E-state index in [0.29, 0.717) is 12.2 Å². The van der Waals surface area contributed by atoms with Gasteiger partial charge in [-0.1, -0.05) is 11.3 Å². The maximum Gasteiger partial charge on any atom is 0.277 e. The summed E-state index contributed by atoms with van der Waals surface area (Å²) in [4.78, 5) is 19.4. The molecule has 0 radical (unpaired) electrons. The molecule has 1 amide bonds. The minimum Gasteiger partial charge on any atom is -0.497 e. The van der Waals surface area contributed by atoms with E-state index in [1.165, 1.54) is 5.56 Å². The summed E-state index contributed by atoms with van der Waals surface area (Å²) >= 11 is 0. The van der Waals surface area contributed by atoms with Crippen LogP contribution in [0, 0.1) is 6.92 Å². The lowest BCUT2D eigenvalue weighted by atomic mass is 9.89. The number of rotatable bonds is 4. The topological polar surface area (TPSA) is 73.1 Å². The van der Waals surface area contributed by atoms with Crippen LogP contribution in [0.25, 0.3) is 0 Å². The lowest BCUT2D eigenvalue weighted by Crippen LogP contribution is -2.45. The first kappa shape index (κ1) is 19.1. The third-order valence-corrected chi connectivity index (χ3v) is 5.71. The fourth-order valence-electron chi connectivity index (χ4n) is 4.11. The first-order valence-corrected chi connectivity index (χ1v) is 9.78. The van der Waals surface area contributed by atoms with E-state index >= 15 is 0 Å². The molecule has 0 saturated carbocycles. The normalized spacial score (nSPS) is 18.4. The molecule has 0 aliphatic carbocycles. The lowest BCUT2D eigenvalue weighted by Gasteiger charge is -2.40. The molecule has 7 nitrogen and oxygen atoms in total. The molecule has 150 valence electrons. The average molecular weight is 391 g/mol. The minimum atomic E-state index is -0.0788. The molecule has 4 rings (SSSR count). The molecule has 2 aromatic heterocycles. The highest BCUT2D eigenvalue weighted by Crippen LogP contribution is 2.35. The van der Waals surface area contributed by atoms with Crippen LogP contribution in [0.1, 0.15) is 52.8 Å². The fraction of sp³-hybridized carbons (Fsp3) is 0.364. The fourth-order valence-corrected chi connectivity index (χ4v) is 4.11. The van der Waals surface area contributed by atoms with E-state index in [-0.39, 0.29) is 18.0 Å². The van der Waals surface area contributed by atoms with Crippen molar-refractivity contribution in [3.8, 4) is 5.75 Å². The first-order chi connectivity index (χ1) is 14.0. The van der Waals surface area contributed by atoms with Crippen molar-refractivity contribution in [1.82, 2.24) is 24.9 Å². The van der Waals surface area contributed by atoms with Crippen molar-refractivity contribution in [3.63, 3.8) is 0 Å². The van der Waals surface area contributed by atoms with Crippen LogP contribution >= 0.6 is 0 Å². The summed E-state index contributed by atoms with van der Waals surface area (Å²) in [6.07, 6.45) is 4.28. The van der Waals surface area contributed by atoms with Crippen LogP contribution in [0.2, 0.25) is 0 Å². The Bertz CT molecular complexity index is 1030. The molecular formula is C22H25N5O2. The predicted octanol–water partition coefficient (Wildman–Crippen LogP) is 3.19. The van der Waals surface area contributed by atoms with E-state index in [2.05, 4.69) is 41.3 Å². The molecule has 0 saturated heterocycles. The zero-order valence-corrected chi connectivity index (χ0v) is 17.2. The molecule has 3 aromatic rings. The van der Waals surface area contributed by atoms with E-state index in [0.717, 1.165) is 29.0 Å². The molecule has 7 heteroatoms. The number of methoxy groups -OCH3 is 1. The van der Waals surface area contributed by atoms with Gasteiger partial charge in [-0.05, 0) is 68.1 Å². The molecular weight excluding hydrogens is 366 g/mol. The lowest BCUT2D eigenvalue weighted by molar-refractivity contribution is 0.0573. The van der Waals surface area contributed by atoms with E-state index in [9.17, 15) is 4.79 Å². The van der Waals surface area contributed by atoms with Gasteiger partial charge in [0.05, 0.1) is 25.4 Å². The monoisotopic (exact) mass is 391 g/mol. The van der Waals surface area contributed by atoms with Crippen LogP contribution in [0.3, 0.4) is 0 Å². The Balaban J connectivity index is 1.61. The number of hydrogen-bond donors (Lipinski definition) is 0. The van der Waals surface area contributed by atoms with Gasteiger partial charge in [0, 0.05) is 18.4 Å². The molecule has 1 aliphatic rings. The number of fused-ring (bicyclic) bond motifs is 1. The van der Waals surface area contributed by atoms with E-state index in [4.69, 9.17) is 4.74 Å². The van der Waals surface area contributed by atoms with Crippen LogP contribution < -0.4 is 4.74 Å². The molecule has 2 unspecified atom stereocenters. The highest BCUT2D eigenvalue weighted by atomic mass is 16.5. The number of carbonyl (C=O) groups excluding carboxylic acids is 1. The van der Waals surface area contributed by atoms with Gasteiger partial charge in [-0.2, -0.15) is 0 Å². The number of benzene rings is 1. The van der Waals surface area contributed by atoms with Crippen LogP contribution in [-0.4, -0.2) is 43.9 Å². The Morgan fingerprint density at radius 1 is 1.21 bits per heavy atom. The van der Waals surface area contributed by atoms with Gasteiger partial charge in [0.2, 0.25) is 0 Å². The van der Waals surface area contributed by atoms with E-state index in [1.807, 2.05) is 30.0 Å². The largest absolute Gasteiger partial charge is 0.497 e.